The van der Waals surface area contributed by atoms with E-state index in [9.17, 15) is 0 Å². The third-order valence-electron chi connectivity index (χ3n) is 3.46. The summed E-state index contributed by atoms with van der Waals surface area (Å²) in [7, 11) is 2.10. The Morgan fingerprint density at radius 2 is 2.08 bits per heavy atom. The molecule has 0 amide bonds. The van der Waals surface area contributed by atoms with E-state index < -0.39 is 0 Å². The van der Waals surface area contributed by atoms with Crippen molar-refractivity contribution in [1.82, 2.24) is 5.32 Å². The average molecular weight is 169 g/mol. The molecule has 1 heterocycles. The molecule has 0 spiro atoms. The number of nitrogens with one attached hydrogen (secondary N) is 1. The van der Waals surface area contributed by atoms with Crippen molar-refractivity contribution in [2.24, 2.45) is 11.8 Å². The lowest BCUT2D eigenvalue weighted by atomic mass is 9.75. The van der Waals surface area contributed by atoms with Crippen LogP contribution in [0.3, 0.4) is 0 Å². The van der Waals surface area contributed by atoms with Gasteiger partial charge in [0.2, 0.25) is 0 Å². The first-order valence-electron chi connectivity index (χ1n) is 5.17. The summed E-state index contributed by atoms with van der Waals surface area (Å²) in [6.07, 6.45) is 5.57. The Morgan fingerprint density at radius 3 is 2.50 bits per heavy atom. The fourth-order valence-corrected chi connectivity index (χ4v) is 2.49. The van der Waals surface area contributed by atoms with Crippen molar-refractivity contribution in [1.29, 1.82) is 0 Å². The highest BCUT2D eigenvalue weighted by atomic mass is 16.5. The lowest BCUT2D eigenvalue weighted by Crippen LogP contribution is -2.43. The van der Waals surface area contributed by atoms with Gasteiger partial charge in [-0.25, -0.2) is 0 Å². The van der Waals surface area contributed by atoms with E-state index in [1.54, 1.807) is 0 Å². The molecule has 2 aliphatic rings. The Bertz CT molecular complexity index is 139. The molecule has 1 saturated carbocycles. The van der Waals surface area contributed by atoms with E-state index in [2.05, 4.69) is 12.4 Å². The van der Waals surface area contributed by atoms with Crippen LogP contribution in [-0.2, 0) is 4.74 Å². The lowest BCUT2D eigenvalue weighted by Gasteiger charge is -2.36. The normalized spacial score (nSPS) is 33.2. The second kappa shape index (κ2) is 3.75. The maximum absolute atomic E-state index is 5.42. The predicted molar refractivity (Wildman–Crippen MR) is 49.1 cm³/mol. The van der Waals surface area contributed by atoms with Crippen LogP contribution in [0.5, 0.6) is 0 Å². The maximum Gasteiger partial charge on any atom is 0.0510 e. The fraction of sp³-hybridized carbons (Fsp3) is 1.00. The Hall–Kier alpha value is -0.0800. The molecule has 70 valence electrons. The summed E-state index contributed by atoms with van der Waals surface area (Å²) in [6.45, 7) is 1.97. The van der Waals surface area contributed by atoms with Crippen molar-refractivity contribution >= 4 is 0 Å². The molecule has 1 aliphatic heterocycles. The second-order valence-corrected chi connectivity index (χ2v) is 4.13. The molecule has 0 aromatic carbocycles. The number of hydrogen-bond donors (Lipinski definition) is 1. The van der Waals surface area contributed by atoms with Crippen molar-refractivity contribution in [3.8, 4) is 0 Å². The van der Waals surface area contributed by atoms with Gasteiger partial charge in [0.25, 0.3) is 0 Å². The van der Waals surface area contributed by atoms with E-state index in [1.165, 1.54) is 25.7 Å². The van der Waals surface area contributed by atoms with Gasteiger partial charge in [0, 0.05) is 18.6 Å². The van der Waals surface area contributed by atoms with Crippen LogP contribution in [-0.4, -0.2) is 26.3 Å². The molecule has 1 saturated heterocycles. The highest BCUT2D eigenvalue weighted by molar-refractivity contribution is 4.88. The van der Waals surface area contributed by atoms with Crippen LogP contribution in [0.1, 0.15) is 25.7 Å². The molecule has 12 heavy (non-hydrogen) atoms. The van der Waals surface area contributed by atoms with Gasteiger partial charge in [-0.2, -0.15) is 0 Å². The summed E-state index contributed by atoms with van der Waals surface area (Å²) in [5.41, 5.74) is 0. The second-order valence-electron chi connectivity index (χ2n) is 4.13. The van der Waals surface area contributed by atoms with Gasteiger partial charge in [-0.1, -0.05) is 6.42 Å². The Morgan fingerprint density at radius 1 is 1.25 bits per heavy atom. The zero-order chi connectivity index (χ0) is 8.39. The van der Waals surface area contributed by atoms with Crippen molar-refractivity contribution in [3.63, 3.8) is 0 Å². The Labute approximate surface area is 74.7 Å². The van der Waals surface area contributed by atoms with Gasteiger partial charge in [0.05, 0.1) is 6.61 Å². The minimum Gasteiger partial charge on any atom is -0.381 e. The van der Waals surface area contributed by atoms with Crippen molar-refractivity contribution in [2.75, 3.05) is 20.3 Å². The lowest BCUT2D eigenvalue weighted by molar-refractivity contribution is 0.143. The van der Waals surface area contributed by atoms with Crippen LogP contribution in [0.4, 0.5) is 0 Å². The topological polar surface area (TPSA) is 21.3 Å². The van der Waals surface area contributed by atoms with Gasteiger partial charge < -0.3 is 10.1 Å². The molecule has 2 nitrogen and oxygen atoms in total. The van der Waals surface area contributed by atoms with Crippen molar-refractivity contribution in [3.05, 3.63) is 0 Å². The van der Waals surface area contributed by atoms with Gasteiger partial charge in [-0.3, -0.25) is 0 Å². The minimum absolute atomic E-state index is 0.737. The van der Waals surface area contributed by atoms with Crippen LogP contribution >= 0.6 is 0 Å². The van der Waals surface area contributed by atoms with Gasteiger partial charge in [-0.05, 0) is 32.2 Å². The highest BCUT2D eigenvalue weighted by Gasteiger charge is 2.33. The van der Waals surface area contributed by atoms with Crippen LogP contribution in [0.25, 0.3) is 0 Å². The predicted octanol–water partition coefficient (Wildman–Crippen LogP) is 1.41. The number of rotatable bonds is 3. The standard InChI is InChI=1S/C10H19NO/c1-11-10(8-3-2-4-8)9-5-6-12-7-9/h8-11H,2-7H2,1H3. The minimum atomic E-state index is 0.737. The smallest absolute Gasteiger partial charge is 0.0510 e. The van der Waals surface area contributed by atoms with Gasteiger partial charge in [0.1, 0.15) is 0 Å². The molecule has 2 atom stereocenters. The van der Waals surface area contributed by atoms with Crippen LogP contribution < -0.4 is 5.32 Å². The summed E-state index contributed by atoms with van der Waals surface area (Å²) in [5.74, 6) is 1.74. The summed E-state index contributed by atoms with van der Waals surface area (Å²) in [5, 5.41) is 3.47. The summed E-state index contributed by atoms with van der Waals surface area (Å²) >= 11 is 0. The largest absolute Gasteiger partial charge is 0.381 e. The monoisotopic (exact) mass is 169 g/mol. The molecule has 2 heteroatoms. The molecule has 2 unspecified atom stereocenters. The SMILES string of the molecule is CNC(C1CCC1)C1CCOC1. The molecule has 1 N–H and O–H groups in total. The Balaban J connectivity index is 1.87. The number of ether oxygens (including phenoxy) is 1. The first kappa shape index (κ1) is 8.52. The molecule has 0 radical (unpaired) electrons. The van der Waals surface area contributed by atoms with Gasteiger partial charge >= 0.3 is 0 Å². The summed E-state index contributed by atoms with van der Waals surface area (Å²) in [4.78, 5) is 0. The van der Waals surface area contributed by atoms with Crippen LogP contribution in [0, 0.1) is 11.8 Å². The third kappa shape index (κ3) is 1.50. The molecule has 0 bridgehead atoms. The highest BCUT2D eigenvalue weighted by Crippen LogP contribution is 2.34. The van der Waals surface area contributed by atoms with Crippen molar-refractivity contribution in [2.45, 2.75) is 31.7 Å². The van der Waals surface area contributed by atoms with E-state index in [4.69, 9.17) is 4.74 Å². The van der Waals surface area contributed by atoms with Crippen LogP contribution in [0.2, 0.25) is 0 Å². The van der Waals surface area contributed by atoms with Gasteiger partial charge in [-0.15, -0.1) is 0 Å². The quantitative estimate of drug-likeness (QED) is 0.689. The Kier molecular flexibility index (Phi) is 2.66. The zero-order valence-electron chi connectivity index (χ0n) is 7.88. The van der Waals surface area contributed by atoms with E-state index in [0.29, 0.717) is 0 Å². The molecule has 1 aliphatic carbocycles. The average Bonchev–Trinajstić information content (AvgIpc) is 2.47. The zero-order valence-corrected chi connectivity index (χ0v) is 7.88. The maximum atomic E-state index is 5.42. The number of hydrogen-bond acceptors (Lipinski definition) is 2. The van der Waals surface area contributed by atoms with E-state index in [1.807, 2.05) is 0 Å². The van der Waals surface area contributed by atoms with E-state index in [-0.39, 0.29) is 0 Å². The van der Waals surface area contributed by atoms with E-state index in [0.717, 1.165) is 31.1 Å². The third-order valence-corrected chi connectivity index (χ3v) is 3.46. The molecule has 0 aromatic rings. The summed E-state index contributed by atoms with van der Waals surface area (Å²) in [6, 6.07) is 0.737. The van der Waals surface area contributed by atoms with E-state index >= 15 is 0 Å². The first-order valence-corrected chi connectivity index (χ1v) is 5.17. The molecule has 0 aromatic heterocycles. The molecular weight excluding hydrogens is 150 g/mol. The molecular formula is C10H19NO. The van der Waals surface area contributed by atoms with Crippen LogP contribution in [0.15, 0.2) is 0 Å². The first-order chi connectivity index (χ1) is 5.92. The van der Waals surface area contributed by atoms with Gasteiger partial charge in [0.15, 0.2) is 0 Å². The fourth-order valence-electron chi connectivity index (χ4n) is 2.49. The van der Waals surface area contributed by atoms with Crippen molar-refractivity contribution < 1.29 is 4.74 Å². The molecule has 2 fully saturated rings. The molecule has 2 rings (SSSR count). The summed E-state index contributed by atoms with van der Waals surface area (Å²) < 4.78 is 5.42.